The molecule has 17 heavy (non-hydrogen) atoms. The maximum atomic E-state index is 5.63. The van der Waals surface area contributed by atoms with Crippen LogP contribution in [0.15, 0.2) is 4.52 Å². The molecule has 1 aliphatic rings. The number of hydrogen-bond acceptors (Lipinski definition) is 6. The Morgan fingerprint density at radius 3 is 3.12 bits per heavy atom. The smallest absolute Gasteiger partial charge is 0.227 e. The number of hydrogen-bond donors (Lipinski definition) is 1. The summed E-state index contributed by atoms with van der Waals surface area (Å²) in [5.41, 5.74) is 5.57. The van der Waals surface area contributed by atoms with Crippen LogP contribution in [-0.4, -0.2) is 48.3 Å². The molecule has 2 unspecified atom stereocenters. The Morgan fingerprint density at radius 1 is 1.59 bits per heavy atom. The first-order chi connectivity index (χ1) is 8.19. The van der Waals surface area contributed by atoms with Gasteiger partial charge >= 0.3 is 0 Å². The molecule has 2 atom stereocenters. The first-order valence-electron chi connectivity index (χ1n) is 6.01. The van der Waals surface area contributed by atoms with Gasteiger partial charge in [-0.15, -0.1) is 0 Å². The average molecular weight is 240 g/mol. The SMILES string of the molecule is CC(CN)Cc1nc(C2CN(C)CCO2)no1. The molecule has 0 bridgehead atoms. The highest BCUT2D eigenvalue weighted by molar-refractivity contribution is 4.94. The minimum Gasteiger partial charge on any atom is -0.367 e. The van der Waals surface area contributed by atoms with Gasteiger partial charge in [-0.1, -0.05) is 12.1 Å². The van der Waals surface area contributed by atoms with Crippen LogP contribution in [0.3, 0.4) is 0 Å². The van der Waals surface area contributed by atoms with Gasteiger partial charge in [0.05, 0.1) is 6.61 Å². The summed E-state index contributed by atoms with van der Waals surface area (Å²) in [6.45, 7) is 5.16. The van der Waals surface area contributed by atoms with Crippen molar-refractivity contribution in [1.82, 2.24) is 15.0 Å². The zero-order chi connectivity index (χ0) is 12.3. The van der Waals surface area contributed by atoms with Crippen molar-refractivity contribution < 1.29 is 9.26 Å². The predicted octanol–water partition coefficient (Wildman–Crippen LogP) is 0.210. The number of ether oxygens (including phenoxy) is 1. The summed E-state index contributed by atoms with van der Waals surface area (Å²) in [6.07, 6.45) is 0.658. The number of likely N-dealkylation sites (N-methyl/N-ethyl adjacent to an activating group) is 1. The quantitative estimate of drug-likeness (QED) is 0.810. The summed E-state index contributed by atoms with van der Waals surface area (Å²) in [5.74, 6) is 1.66. The summed E-state index contributed by atoms with van der Waals surface area (Å²) in [7, 11) is 2.06. The van der Waals surface area contributed by atoms with Crippen molar-refractivity contribution in [3.8, 4) is 0 Å². The van der Waals surface area contributed by atoms with E-state index in [1.807, 2.05) is 0 Å². The Kier molecular flexibility index (Phi) is 4.09. The first kappa shape index (κ1) is 12.5. The minimum absolute atomic E-state index is 0.0700. The highest BCUT2D eigenvalue weighted by atomic mass is 16.5. The van der Waals surface area contributed by atoms with E-state index in [0.717, 1.165) is 19.5 Å². The third-order valence-electron chi connectivity index (χ3n) is 2.97. The van der Waals surface area contributed by atoms with Crippen LogP contribution in [0.1, 0.15) is 24.7 Å². The molecule has 2 N–H and O–H groups in total. The van der Waals surface area contributed by atoms with Gasteiger partial charge in [0.15, 0.2) is 0 Å². The molecule has 0 saturated carbocycles. The van der Waals surface area contributed by atoms with E-state index in [1.165, 1.54) is 0 Å². The minimum atomic E-state index is -0.0700. The number of rotatable bonds is 4. The predicted molar refractivity (Wildman–Crippen MR) is 62.4 cm³/mol. The molecule has 6 nitrogen and oxygen atoms in total. The molecular formula is C11H20N4O2. The Labute approximate surface area is 101 Å². The van der Waals surface area contributed by atoms with E-state index in [0.29, 0.717) is 30.8 Å². The van der Waals surface area contributed by atoms with Crippen LogP contribution < -0.4 is 5.73 Å². The monoisotopic (exact) mass is 240 g/mol. The van der Waals surface area contributed by atoms with Crippen LogP contribution >= 0.6 is 0 Å². The van der Waals surface area contributed by atoms with Crippen molar-refractivity contribution in [3.63, 3.8) is 0 Å². The molecule has 1 saturated heterocycles. The lowest BCUT2D eigenvalue weighted by Gasteiger charge is -2.27. The number of morpholine rings is 1. The van der Waals surface area contributed by atoms with E-state index in [1.54, 1.807) is 0 Å². The fourth-order valence-corrected chi connectivity index (χ4v) is 1.80. The fourth-order valence-electron chi connectivity index (χ4n) is 1.80. The van der Waals surface area contributed by atoms with Crippen molar-refractivity contribution in [2.45, 2.75) is 19.4 Å². The van der Waals surface area contributed by atoms with Crippen molar-refractivity contribution in [2.75, 3.05) is 33.3 Å². The number of nitrogens with two attached hydrogens (primary N) is 1. The average Bonchev–Trinajstić information content (AvgIpc) is 2.77. The van der Waals surface area contributed by atoms with Crippen LogP contribution in [-0.2, 0) is 11.2 Å². The summed E-state index contributed by atoms with van der Waals surface area (Å²) < 4.78 is 10.8. The Morgan fingerprint density at radius 2 is 2.41 bits per heavy atom. The van der Waals surface area contributed by atoms with Crippen molar-refractivity contribution in [2.24, 2.45) is 11.7 Å². The second kappa shape index (κ2) is 5.57. The van der Waals surface area contributed by atoms with Gasteiger partial charge in [0, 0.05) is 19.5 Å². The molecule has 1 aromatic rings. The fraction of sp³-hybridized carbons (Fsp3) is 0.818. The van der Waals surface area contributed by atoms with Crippen molar-refractivity contribution >= 4 is 0 Å². The second-order valence-corrected chi connectivity index (χ2v) is 4.71. The molecule has 1 fully saturated rings. The van der Waals surface area contributed by atoms with E-state index < -0.39 is 0 Å². The van der Waals surface area contributed by atoms with Crippen LogP contribution in [0.2, 0.25) is 0 Å². The van der Waals surface area contributed by atoms with E-state index >= 15 is 0 Å². The van der Waals surface area contributed by atoms with Gasteiger partial charge in [-0.2, -0.15) is 4.98 Å². The maximum Gasteiger partial charge on any atom is 0.227 e. The molecule has 0 aromatic carbocycles. The molecule has 1 aliphatic heterocycles. The molecule has 0 radical (unpaired) electrons. The molecule has 0 spiro atoms. The lowest BCUT2D eigenvalue weighted by Crippen LogP contribution is -2.35. The Hall–Kier alpha value is -0.980. The zero-order valence-electron chi connectivity index (χ0n) is 10.4. The van der Waals surface area contributed by atoms with E-state index in [2.05, 4.69) is 29.0 Å². The molecular weight excluding hydrogens is 220 g/mol. The highest BCUT2D eigenvalue weighted by Gasteiger charge is 2.24. The van der Waals surface area contributed by atoms with Gasteiger partial charge in [-0.25, -0.2) is 0 Å². The molecule has 2 rings (SSSR count). The summed E-state index contributed by atoms with van der Waals surface area (Å²) in [5, 5.41) is 3.98. The molecule has 2 heterocycles. The van der Waals surface area contributed by atoms with Crippen LogP contribution in [0.4, 0.5) is 0 Å². The van der Waals surface area contributed by atoms with Gasteiger partial charge < -0.3 is 19.9 Å². The topological polar surface area (TPSA) is 77.4 Å². The van der Waals surface area contributed by atoms with E-state index in [4.69, 9.17) is 15.0 Å². The molecule has 6 heteroatoms. The summed E-state index contributed by atoms with van der Waals surface area (Å²) in [4.78, 5) is 6.57. The largest absolute Gasteiger partial charge is 0.367 e. The molecule has 96 valence electrons. The molecule has 0 amide bonds. The van der Waals surface area contributed by atoms with Gasteiger partial charge in [0.2, 0.25) is 11.7 Å². The van der Waals surface area contributed by atoms with E-state index in [-0.39, 0.29) is 6.10 Å². The molecule has 1 aromatic heterocycles. The van der Waals surface area contributed by atoms with Gasteiger partial charge in [-0.3, -0.25) is 0 Å². The Bertz CT molecular complexity index is 355. The highest BCUT2D eigenvalue weighted by Crippen LogP contribution is 2.19. The van der Waals surface area contributed by atoms with Gasteiger partial charge in [-0.05, 0) is 19.5 Å². The lowest BCUT2D eigenvalue weighted by atomic mass is 10.1. The number of nitrogens with zero attached hydrogens (tertiary/aromatic N) is 3. The third kappa shape index (κ3) is 3.24. The third-order valence-corrected chi connectivity index (χ3v) is 2.97. The standard InChI is InChI=1S/C11H20N4O2/c1-8(6-12)5-10-13-11(14-17-10)9-7-15(2)3-4-16-9/h8-9H,3-7,12H2,1-2H3. The van der Waals surface area contributed by atoms with Crippen molar-refractivity contribution in [3.05, 3.63) is 11.7 Å². The normalized spacial score (nSPS) is 23.8. The summed E-state index contributed by atoms with van der Waals surface area (Å²) >= 11 is 0. The summed E-state index contributed by atoms with van der Waals surface area (Å²) in [6, 6.07) is 0. The first-order valence-corrected chi connectivity index (χ1v) is 6.01. The maximum absolute atomic E-state index is 5.63. The van der Waals surface area contributed by atoms with E-state index in [9.17, 15) is 0 Å². The zero-order valence-corrected chi connectivity index (χ0v) is 10.4. The van der Waals surface area contributed by atoms with Gasteiger partial charge in [0.25, 0.3) is 0 Å². The number of aromatic nitrogens is 2. The van der Waals surface area contributed by atoms with Gasteiger partial charge in [0.1, 0.15) is 6.10 Å². The Balaban J connectivity index is 1.97. The van der Waals surface area contributed by atoms with Crippen LogP contribution in [0.5, 0.6) is 0 Å². The second-order valence-electron chi connectivity index (χ2n) is 4.71. The lowest BCUT2D eigenvalue weighted by molar-refractivity contribution is -0.0264. The van der Waals surface area contributed by atoms with Crippen molar-refractivity contribution in [1.29, 1.82) is 0 Å². The van der Waals surface area contributed by atoms with Crippen LogP contribution in [0, 0.1) is 5.92 Å². The molecule has 0 aliphatic carbocycles. The van der Waals surface area contributed by atoms with Crippen LogP contribution in [0.25, 0.3) is 0 Å².